The number of benzene rings is 1. The summed E-state index contributed by atoms with van der Waals surface area (Å²) in [5.74, 6) is -2.77. The summed E-state index contributed by atoms with van der Waals surface area (Å²) in [6.07, 6.45) is -4.76. The number of hydrogen-bond acceptors (Lipinski definition) is 7. The number of imidazole rings is 1. The summed E-state index contributed by atoms with van der Waals surface area (Å²) in [6, 6.07) is 0.389. The number of halogens is 4. The summed E-state index contributed by atoms with van der Waals surface area (Å²) < 4.78 is 83.3. The number of nitrogens with one attached hydrogen (secondary N) is 1. The normalized spacial score (nSPS) is 25.1. The molecule has 2 saturated heterocycles. The van der Waals surface area contributed by atoms with Gasteiger partial charge in [-0.3, -0.25) is 9.36 Å². The van der Waals surface area contributed by atoms with Gasteiger partial charge in [0.1, 0.15) is 36.0 Å². The number of carbonyl (C=O) groups is 1. The molecule has 3 heterocycles. The molecule has 9 nitrogen and oxygen atoms in total. The lowest BCUT2D eigenvalue weighted by atomic mass is 10.1. The SMILES string of the molecule is CC(=O)N[C@@H](C)CO[C@@H]1CO[C@H]2C1OC[C@H]2Oc1nc2c(F)cc(OCC(F)F)c(F)c2n1C. The van der Waals surface area contributed by atoms with Gasteiger partial charge in [0.15, 0.2) is 23.5 Å². The van der Waals surface area contributed by atoms with Gasteiger partial charge in [-0.05, 0) is 6.92 Å². The van der Waals surface area contributed by atoms with Crippen molar-refractivity contribution in [3.05, 3.63) is 17.7 Å². The van der Waals surface area contributed by atoms with E-state index in [1.807, 2.05) is 6.92 Å². The first-order chi connectivity index (χ1) is 16.2. The molecule has 5 atom stereocenters. The largest absolute Gasteiger partial charge is 0.484 e. The monoisotopic (exact) mass is 491 g/mol. The quantitative estimate of drug-likeness (QED) is 0.536. The molecular weight excluding hydrogens is 466 g/mol. The highest BCUT2D eigenvalue weighted by Crippen LogP contribution is 2.35. The average molecular weight is 491 g/mol. The molecule has 2 aliphatic rings. The first kappa shape index (κ1) is 24.5. The first-order valence-electron chi connectivity index (χ1n) is 10.7. The zero-order valence-electron chi connectivity index (χ0n) is 18.7. The van der Waals surface area contributed by atoms with Crippen molar-refractivity contribution < 1.29 is 46.0 Å². The zero-order chi connectivity index (χ0) is 24.6. The highest BCUT2D eigenvalue weighted by atomic mass is 19.3. The Bertz CT molecular complexity index is 1050. The van der Waals surface area contributed by atoms with Crippen LogP contribution in [0.3, 0.4) is 0 Å². The van der Waals surface area contributed by atoms with Crippen LogP contribution in [0.5, 0.6) is 11.8 Å². The Morgan fingerprint density at radius 2 is 1.91 bits per heavy atom. The van der Waals surface area contributed by atoms with E-state index < -0.39 is 48.7 Å². The third-order valence-electron chi connectivity index (χ3n) is 5.56. The van der Waals surface area contributed by atoms with Crippen molar-refractivity contribution in [2.45, 2.75) is 50.7 Å². The van der Waals surface area contributed by atoms with Crippen LogP contribution in [0.25, 0.3) is 11.0 Å². The number of aryl methyl sites for hydroxylation is 1. The van der Waals surface area contributed by atoms with Crippen LogP contribution in [0.2, 0.25) is 0 Å². The summed E-state index contributed by atoms with van der Waals surface area (Å²) in [6.45, 7) is 2.81. The Morgan fingerprint density at radius 1 is 1.24 bits per heavy atom. The number of carbonyl (C=O) groups excluding carboxylic acids is 1. The summed E-state index contributed by atoms with van der Waals surface area (Å²) in [5.41, 5.74) is -0.606. The van der Waals surface area contributed by atoms with Gasteiger partial charge in [-0.1, -0.05) is 0 Å². The van der Waals surface area contributed by atoms with Crippen LogP contribution >= 0.6 is 0 Å². The lowest BCUT2D eigenvalue weighted by Crippen LogP contribution is -2.39. The van der Waals surface area contributed by atoms with E-state index in [0.717, 1.165) is 0 Å². The number of hydrogen-bond donors (Lipinski definition) is 1. The fourth-order valence-corrected chi connectivity index (χ4v) is 4.09. The smallest absolute Gasteiger partial charge is 0.297 e. The molecule has 4 rings (SSSR count). The van der Waals surface area contributed by atoms with Crippen LogP contribution in [0.4, 0.5) is 17.6 Å². The summed E-state index contributed by atoms with van der Waals surface area (Å²) in [7, 11) is 1.40. The zero-order valence-corrected chi connectivity index (χ0v) is 18.7. The molecule has 0 radical (unpaired) electrons. The molecule has 1 amide bonds. The van der Waals surface area contributed by atoms with Crippen molar-refractivity contribution in [2.75, 3.05) is 26.4 Å². The molecule has 2 aromatic rings. The van der Waals surface area contributed by atoms with E-state index in [1.54, 1.807) is 0 Å². The first-order valence-corrected chi connectivity index (χ1v) is 10.7. The standard InChI is InChI=1S/C21H25F4N3O6/c1-9(26-10(2)29)5-30-13-6-32-20-14(7-33-19(13)20)34-21-27-17-11(22)4-12(31-8-15(23)24)16(25)18(17)28(21)3/h4,9,13-15,19-20H,5-8H2,1-3H3,(H,26,29)/t9-,13+,14+,19?,20+/m0/s1. The number of ether oxygens (including phenoxy) is 5. The Labute approximate surface area is 192 Å². The maximum absolute atomic E-state index is 14.8. The van der Waals surface area contributed by atoms with E-state index >= 15 is 0 Å². The maximum atomic E-state index is 14.8. The molecule has 1 unspecified atom stereocenters. The molecule has 0 spiro atoms. The van der Waals surface area contributed by atoms with E-state index in [1.165, 1.54) is 18.5 Å². The van der Waals surface area contributed by atoms with Crippen LogP contribution in [0.15, 0.2) is 6.07 Å². The van der Waals surface area contributed by atoms with Crippen LogP contribution in [0, 0.1) is 11.6 Å². The molecule has 1 aromatic heterocycles. The topological polar surface area (TPSA) is 93.1 Å². The molecule has 0 saturated carbocycles. The predicted octanol–water partition coefficient (Wildman–Crippen LogP) is 1.95. The average Bonchev–Trinajstić information content (AvgIpc) is 3.43. The van der Waals surface area contributed by atoms with Gasteiger partial charge in [-0.15, -0.1) is 0 Å². The second-order valence-electron chi connectivity index (χ2n) is 8.25. The van der Waals surface area contributed by atoms with E-state index in [2.05, 4.69) is 10.3 Å². The summed E-state index contributed by atoms with van der Waals surface area (Å²) >= 11 is 0. The van der Waals surface area contributed by atoms with Crippen LogP contribution in [-0.4, -0.2) is 78.8 Å². The van der Waals surface area contributed by atoms with Crippen molar-refractivity contribution >= 4 is 16.9 Å². The summed E-state index contributed by atoms with van der Waals surface area (Å²) in [5, 5.41) is 2.72. The van der Waals surface area contributed by atoms with E-state index in [0.29, 0.717) is 6.07 Å². The third kappa shape index (κ3) is 4.91. The minimum absolute atomic E-state index is 0.0969. The van der Waals surface area contributed by atoms with Gasteiger partial charge in [-0.2, -0.15) is 4.98 Å². The van der Waals surface area contributed by atoms with Gasteiger partial charge in [0.2, 0.25) is 5.91 Å². The second kappa shape index (κ2) is 9.92. The van der Waals surface area contributed by atoms with Crippen molar-refractivity contribution in [1.29, 1.82) is 0 Å². The highest BCUT2D eigenvalue weighted by molar-refractivity contribution is 5.80. The van der Waals surface area contributed by atoms with Crippen molar-refractivity contribution in [1.82, 2.24) is 14.9 Å². The molecule has 0 bridgehead atoms. The highest BCUT2D eigenvalue weighted by Gasteiger charge is 2.50. The number of fused-ring (bicyclic) bond motifs is 2. The van der Waals surface area contributed by atoms with Gasteiger partial charge >= 0.3 is 0 Å². The molecule has 2 aliphatic heterocycles. The molecule has 34 heavy (non-hydrogen) atoms. The number of alkyl halides is 2. The van der Waals surface area contributed by atoms with Crippen LogP contribution < -0.4 is 14.8 Å². The number of nitrogens with zero attached hydrogens (tertiary/aromatic N) is 2. The number of rotatable bonds is 9. The molecule has 188 valence electrons. The third-order valence-corrected chi connectivity index (χ3v) is 5.56. The lowest BCUT2D eigenvalue weighted by Gasteiger charge is -2.20. The van der Waals surface area contributed by atoms with Crippen LogP contribution in [-0.2, 0) is 26.1 Å². The van der Waals surface area contributed by atoms with Gasteiger partial charge in [0, 0.05) is 26.1 Å². The van der Waals surface area contributed by atoms with Gasteiger partial charge in [-0.25, -0.2) is 17.6 Å². The van der Waals surface area contributed by atoms with E-state index in [4.69, 9.17) is 23.7 Å². The summed E-state index contributed by atoms with van der Waals surface area (Å²) in [4.78, 5) is 15.2. The van der Waals surface area contributed by atoms with Gasteiger partial charge in [0.05, 0.1) is 19.8 Å². The minimum atomic E-state index is -2.84. The Balaban J connectivity index is 1.45. The molecule has 13 heteroatoms. The molecule has 1 N–H and O–H groups in total. The molecule has 1 aromatic carbocycles. The van der Waals surface area contributed by atoms with Gasteiger partial charge in [0.25, 0.3) is 12.4 Å². The van der Waals surface area contributed by atoms with Crippen molar-refractivity contribution in [2.24, 2.45) is 7.05 Å². The number of amides is 1. The second-order valence-corrected chi connectivity index (χ2v) is 8.25. The molecular formula is C21H25F4N3O6. The minimum Gasteiger partial charge on any atom is -0.484 e. The fraction of sp³-hybridized carbons (Fsp3) is 0.619. The number of aromatic nitrogens is 2. The molecule has 2 fully saturated rings. The van der Waals surface area contributed by atoms with Crippen molar-refractivity contribution in [3.63, 3.8) is 0 Å². The molecule has 0 aliphatic carbocycles. The van der Waals surface area contributed by atoms with E-state index in [-0.39, 0.29) is 54.9 Å². The fourth-order valence-electron chi connectivity index (χ4n) is 4.09. The van der Waals surface area contributed by atoms with Gasteiger partial charge < -0.3 is 29.0 Å². The predicted molar refractivity (Wildman–Crippen MR) is 109 cm³/mol. The van der Waals surface area contributed by atoms with Crippen LogP contribution in [0.1, 0.15) is 13.8 Å². The Morgan fingerprint density at radius 3 is 2.59 bits per heavy atom. The Hall–Kier alpha value is -2.64. The maximum Gasteiger partial charge on any atom is 0.297 e. The van der Waals surface area contributed by atoms with E-state index in [9.17, 15) is 22.4 Å². The Kier molecular flexibility index (Phi) is 7.14. The van der Waals surface area contributed by atoms with Crippen molar-refractivity contribution in [3.8, 4) is 11.8 Å². The lowest BCUT2D eigenvalue weighted by molar-refractivity contribution is -0.120.